The number of thiophene rings is 1. The summed E-state index contributed by atoms with van der Waals surface area (Å²) in [6, 6.07) is 4.03. The van der Waals surface area contributed by atoms with Gasteiger partial charge in [-0.25, -0.2) is 4.98 Å². The van der Waals surface area contributed by atoms with E-state index in [4.69, 9.17) is 0 Å². The third kappa shape index (κ3) is 3.40. The molecule has 0 aliphatic carbocycles. The van der Waals surface area contributed by atoms with Gasteiger partial charge in [0.25, 0.3) is 5.91 Å². The van der Waals surface area contributed by atoms with Crippen molar-refractivity contribution in [3.8, 4) is 9.88 Å². The van der Waals surface area contributed by atoms with E-state index in [1.807, 2.05) is 24.4 Å². The molecule has 3 rings (SSSR count). The lowest BCUT2D eigenvalue weighted by atomic mass is 10.1. The minimum atomic E-state index is -0.0211. The summed E-state index contributed by atoms with van der Waals surface area (Å²) in [6.07, 6.45) is 3.16. The predicted octanol–water partition coefficient (Wildman–Crippen LogP) is 2.83. The van der Waals surface area contributed by atoms with Gasteiger partial charge in [0, 0.05) is 13.1 Å². The molecule has 110 valence electrons. The molecule has 6 heteroatoms. The molecule has 21 heavy (non-hydrogen) atoms. The normalized spacial score (nSPS) is 14.8. The number of thiazole rings is 1. The summed E-state index contributed by atoms with van der Waals surface area (Å²) in [4.78, 5) is 18.7. The van der Waals surface area contributed by atoms with E-state index in [-0.39, 0.29) is 5.91 Å². The Morgan fingerprint density at radius 3 is 3.14 bits per heavy atom. The number of hydrogen-bond donors (Lipinski definition) is 2. The lowest BCUT2D eigenvalue weighted by molar-refractivity contribution is 0.0960. The molecule has 3 heterocycles. The van der Waals surface area contributed by atoms with Gasteiger partial charge < -0.3 is 10.6 Å². The number of carbonyl (C=O) groups excluding carboxylic acids is 1. The molecule has 1 amide bonds. The number of hydrogen-bond acceptors (Lipinski definition) is 5. The molecule has 0 saturated carbocycles. The number of aromatic nitrogens is 1. The van der Waals surface area contributed by atoms with Crippen molar-refractivity contribution in [3.63, 3.8) is 0 Å². The van der Waals surface area contributed by atoms with Crippen molar-refractivity contribution in [2.24, 2.45) is 0 Å². The van der Waals surface area contributed by atoms with Crippen molar-refractivity contribution >= 4 is 28.6 Å². The third-order valence-corrected chi connectivity index (χ3v) is 5.56. The summed E-state index contributed by atoms with van der Waals surface area (Å²) in [5.41, 5.74) is 2.10. The average Bonchev–Trinajstić information content (AvgIpc) is 3.15. The van der Waals surface area contributed by atoms with Crippen molar-refractivity contribution in [1.82, 2.24) is 15.6 Å². The first-order valence-corrected chi connectivity index (χ1v) is 8.62. The maximum atomic E-state index is 12.3. The first-order valence-electron chi connectivity index (χ1n) is 6.92. The fourth-order valence-corrected chi connectivity index (χ4v) is 4.00. The fourth-order valence-electron chi connectivity index (χ4n) is 2.22. The average molecular weight is 319 g/mol. The predicted molar refractivity (Wildman–Crippen MR) is 88.1 cm³/mol. The van der Waals surface area contributed by atoms with Gasteiger partial charge in [-0.15, -0.1) is 22.7 Å². The van der Waals surface area contributed by atoms with E-state index in [0.29, 0.717) is 11.4 Å². The fraction of sp³-hybridized carbons (Fsp3) is 0.333. The van der Waals surface area contributed by atoms with Crippen LogP contribution in [0, 0.1) is 6.92 Å². The highest BCUT2D eigenvalue weighted by atomic mass is 32.1. The molecule has 0 spiro atoms. The second-order valence-corrected chi connectivity index (χ2v) is 6.86. The summed E-state index contributed by atoms with van der Waals surface area (Å²) in [7, 11) is 0. The van der Waals surface area contributed by atoms with Crippen molar-refractivity contribution in [1.29, 1.82) is 0 Å². The largest absolute Gasteiger partial charge is 0.348 e. The molecule has 2 N–H and O–H groups in total. The maximum absolute atomic E-state index is 12.3. The molecule has 0 radical (unpaired) electrons. The van der Waals surface area contributed by atoms with Gasteiger partial charge in [-0.3, -0.25) is 4.79 Å². The zero-order valence-electron chi connectivity index (χ0n) is 11.8. The van der Waals surface area contributed by atoms with Gasteiger partial charge in [0.05, 0.1) is 10.6 Å². The molecular weight excluding hydrogens is 302 g/mol. The van der Waals surface area contributed by atoms with Crippen molar-refractivity contribution in [3.05, 3.63) is 39.7 Å². The van der Waals surface area contributed by atoms with Gasteiger partial charge in [-0.1, -0.05) is 17.7 Å². The molecule has 0 atom stereocenters. The van der Waals surface area contributed by atoms with Gasteiger partial charge in [0.15, 0.2) is 0 Å². The van der Waals surface area contributed by atoms with Crippen LogP contribution < -0.4 is 10.6 Å². The van der Waals surface area contributed by atoms with E-state index in [2.05, 4.69) is 21.7 Å². The Bertz CT molecular complexity index is 659. The first kappa shape index (κ1) is 14.4. The van der Waals surface area contributed by atoms with Crippen molar-refractivity contribution in [2.45, 2.75) is 13.3 Å². The highest BCUT2D eigenvalue weighted by Gasteiger charge is 2.16. The van der Waals surface area contributed by atoms with Gasteiger partial charge in [-0.05, 0) is 31.3 Å². The molecular formula is C15H17N3OS2. The van der Waals surface area contributed by atoms with Gasteiger partial charge in [0.1, 0.15) is 9.88 Å². The van der Waals surface area contributed by atoms with Crippen molar-refractivity contribution in [2.75, 3.05) is 19.6 Å². The molecule has 1 aliphatic rings. The molecule has 1 aliphatic heterocycles. The van der Waals surface area contributed by atoms with Crippen LogP contribution >= 0.6 is 22.7 Å². The standard InChI is InChI=1S/C15H17N3OS2/c1-10-13(21-15(18-10)12-3-2-8-20-12)14(19)17-9-11-4-6-16-7-5-11/h2-4,8,16H,5-7,9H2,1H3,(H,17,19). The second-order valence-electron chi connectivity index (χ2n) is 4.91. The van der Waals surface area contributed by atoms with Crippen LogP contribution in [-0.4, -0.2) is 30.5 Å². The topological polar surface area (TPSA) is 54.0 Å². The van der Waals surface area contributed by atoms with Crippen LogP contribution in [0.1, 0.15) is 21.8 Å². The summed E-state index contributed by atoms with van der Waals surface area (Å²) in [5, 5.41) is 9.22. The Morgan fingerprint density at radius 1 is 1.52 bits per heavy atom. The van der Waals surface area contributed by atoms with E-state index >= 15 is 0 Å². The zero-order valence-corrected chi connectivity index (χ0v) is 13.4. The Balaban J connectivity index is 1.68. The van der Waals surface area contributed by atoms with E-state index < -0.39 is 0 Å². The Hall–Kier alpha value is -1.50. The van der Waals surface area contributed by atoms with Gasteiger partial charge in [0.2, 0.25) is 0 Å². The van der Waals surface area contributed by atoms with Crippen molar-refractivity contribution < 1.29 is 4.79 Å². The van der Waals surface area contributed by atoms with Crippen LogP contribution in [0.15, 0.2) is 29.2 Å². The maximum Gasteiger partial charge on any atom is 0.263 e. The number of nitrogens with zero attached hydrogens (tertiary/aromatic N) is 1. The number of amides is 1. The van der Waals surface area contributed by atoms with Crippen LogP contribution in [0.3, 0.4) is 0 Å². The quantitative estimate of drug-likeness (QED) is 0.852. The molecule has 0 bridgehead atoms. The lowest BCUT2D eigenvalue weighted by Crippen LogP contribution is -2.29. The van der Waals surface area contributed by atoms with Crippen LogP contribution in [0.5, 0.6) is 0 Å². The second kappa shape index (κ2) is 6.51. The van der Waals surface area contributed by atoms with E-state index in [0.717, 1.165) is 35.1 Å². The lowest BCUT2D eigenvalue weighted by Gasteiger charge is -2.14. The summed E-state index contributed by atoms with van der Waals surface area (Å²) >= 11 is 3.11. The van der Waals surface area contributed by atoms with Crippen LogP contribution in [0.2, 0.25) is 0 Å². The molecule has 0 fully saturated rings. The Kier molecular flexibility index (Phi) is 4.48. The minimum absolute atomic E-state index is 0.0211. The van der Waals surface area contributed by atoms with Gasteiger partial charge >= 0.3 is 0 Å². The first-order chi connectivity index (χ1) is 10.2. The SMILES string of the molecule is Cc1nc(-c2cccs2)sc1C(=O)NCC1=CCNCC1. The number of nitrogens with one attached hydrogen (secondary N) is 2. The van der Waals surface area contributed by atoms with Crippen LogP contribution in [0.25, 0.3) is 9.88 Å². The molecule has 0 unspecified atom stereocenters. The van der Waals surface area contributed by atoms with E-state index in [1.165, 1.54) is 16.9 Å². The van der Waals surface area contributed by atoms with Gasteiger partial charge in [-0.2, -0.15) is 0 Å². The minimum Gasteiger partial charge on any atom is -0.348 e. The van der Waals surface area contributed by atoms with Crippen LogP contribution in [0.4, 0.5) is 0 Å². The number of rotatable bonds is 4. The Labute approximate surface area is 131 Å². The molecule has 2 aromatic rings. The monoisotopic (exact) mass is 319 g/mol. The molecule has 4 nitrogen and oxygen atoms in total. The van der Waals surface area contributed by atoms with E-state index in [1.54, 1.807) is 11.3 Å². The molecule has 0 aromatic carbocycles. The van der Waals surface area contributed by atoms with Crippen LogP contribution in [-0.2, 0) is 0 Å². The highest BCUT2D eigenvalue weighted by Crippen LogP contribution is 2.30. The summed E-state index contributed by atoms with van der Waals surface area (Å²) in [5.74, 6) is -0.0211. The third-order valence-electron chi connectivity index (χ3n) is 3.37. The summed E-state index contributed by atoms with van der Waals surface area (Å²) in [6.45, 7) is 4.41. The zero-order chi connectivity index (χ0) is 14.7. The summed E-state index contributed by atoms with van der Waals surface area (Å²) < 4.78 is 0. The number of aryl methyl sites for hydroxylation is 1. The molecule has 2 aromatic heterocycles. The number of carbonyl (C=O) groups is 1. The smallest absolute Gasteiger partial charge is 0.263 e. The highest BCUT2D eigenvalue weighted by molar-refractivity contribution is 7.22. The Morgan fingerprint density at radius 2 is 2.43 bits per heavy atom. The van der Waals surface area contributed by atoms with E-state index in [9.17, 15) is 4.79 Å². The molecule has 0 saturated heterocycles.